The van der Waals surface area contributed by atoms with Gasteiger partial charge >= 0.3 is 5.97 Å². The summed E-state index contributed by atoms with van der Waals surface area (Å²) in [6.07, 6.45) is 0. The van der Waals surface area contributed by atoms with Crippen molar-refractivity contribution >= 4 is 5.97 Å². The summed E-state index contributed by atoms with van der Waals surface area (Å²) in [6, 6.07) is 9.99. The third kappa shape index (κ3) is 2.84. The summed E-state index contributed by atoms with van der Waals surface area (Å²) in [4.78, 5) is 12.6. The van der Waals surface area contributed by atoms with Crippen LogP contribution in [0.5, 0.6) is 0 Å². The van der Waals surface area contributed by atoms with Gasteiger partial charge in [-0.15, -0.1) is 0 Å². The monoisotopic (exact) mass is 235 g/mol. The lowest BCUT2D eigenvalue weighted by molar-refractivity contribution is -0.138. The van der Waals surface area contributed by atoms with Crippen LogP contribution >= 0.6 is 0 Å². The molecule has 2 N–H and O–H groups in total. The third-order valence-electron chi connectivity index (χ3n) is 3.34. The standard InChI is InChI=1S/C13H17NO3/c15-9-11-6-14(8-13(16)17)7-12(11)10-4-2-1-3-5-10/h1-5,11-12,15H,6-9H2,(H,16,17). The van der Waals surface area contributed by atoms with E-state index in [9.17, 15) is 9.90 Å². The predicted molar refractivity (Wildman–Crippen MR) is 63.8 cm³/mol. The molecule has 2 unspecified atom stereocenters. The topological polar surface area (TPSA) is 60.8 Å². The molecule has 1 saturated heterocycles. The summed E-state index contributed by atoms with van der Waals surface area (Å²) in [5.74, 6) is -0.437. The van der Waals surface area contributed by atoms with E-state index < -0.39 is 5.97 Å². The summed E-state index contributed by atoms with van der Waals surface area (Å²) < 4.78 is 0. The molecule has 0 saturated carbocycles. The Hall–Kier alpha value is -1.39. The van der Waals surface area contributed by atoms with Crippen LogP contribution in [0.3, 0.4) is 0 Å². The second kappa shape index (κ2) is 5.29. The van der Waals surface area contributed by atoms with Gasteiger partial charge in [0, 0.05) is 31.5 Å². The second-order valence-corrected chi connectivity index (χ2v) is 4.55. The highest BCUT2D eigenvalue weighted by Gasteiger charge is 2.33. The molecule has 4 nitrogen and oxygen atoms in total. The van der Waals surface area contributed by atoms with Crippen molar-refractivity contribution in [3.05, 3.63) is 35.9 Å². The molecular weight excluding hydrogens is 218 g/mol. The van der Waals surface area contributed by atoms with Crippen LogP contribution in [0.2, 0.25) is 0 Å². The first-order chi connectivity index (χ1) is 8.20. The number of benzene rings is 1. The summed E-state index contributed by atoms with van der Waals surface area (Å²) in [6.45, 7) is 1.53. The number of carbonyl (C=O) groups is 1. The molecule has 1 heterocycles. The van der Waals surface area contributed by atoms with Crippen LogP contribution < -0.4 is 0 Å². The number of aliphatic carboxylic acids is 1. The van der Waals surface area contributed by atoms with Crippen molar-refractivity contribution in [2.75, 3.05) is 26.2 Å². The normalized spacial score (nSPS) is 25.0. The quantitative estimate of drug-likeness (QED) is 0.809. The highest BCUT2D eigenvalue weighted by Crippen LogP contribution is 2.31. The zero-order valence-corrected chi connectivity index (χ0v) is 9.62. The molecule has 0 aliphatic carbocycles. The van der Waals surface area contributed by atoms with Crippen LogP contribution in [0, 0.1) is 5.92 Å². The molecule has 1 aliphatic heterocycles. The van der Waals surface area contributed by atoms with Gasteiger partial charge in [-0.05, 0) is 5.56 Å². The van der Waals surface area contributed by atoms with Gasteiger partial charge in [0.05, 0.1) is 6.54 Å². The molecule has 1 aromatic rings. The van der Waals surface area contributed by atoms with Crippen molar-refractivity contribution in [1.82, 2.24) is 4.90 Å². The number of aliphatic hydroxyl groups excluding tert-OH is 1. The lowest BCUT2D eigenvalue weighted by Gasteiger charge is -2.16. The Labute approximate surface area is 100 Å². The summed E-state index contributed by atoms with van der Waals surface area (Å²) in [5.41, 5.74) is 1.18. The molecule has 92 valence electrons. The van der Waals surface area contributed by atoms with Crippen LogP contribution in [0.25, 0.3) is 0 Å². The lowest BCUT2D eigenvalue weighted by Crippen LogP contribution is -2.27. The van der Waals surface area contributed by atoms with E-state index >= 15 is 0 Å². The van der Waals surface area contributed by atoms with Gasteiger partial charge < -0.3 is 10.2 Å². The van der Waals surface area contributed by atoms with E-state index in [1.807, 2.05) is 35.2 Å². The SMILES string of the molecule is O=C(O)CN1CC(CO)C(c2ccccc2)C1. The van der Waals surface area contributed by atoms with E-state index in [-0.39, 0.29) is 25.0 Å². The molecule has 2 rings (SSSR count). The highest BCUT2D eigenvalue weighted by atomic mass is 16.4. The molecule has 1 fully saturated rings. The Balaban J connectivity index is 2.09. The summed E-state index contributed by atoms with van der Waals surface area (Å²) in [5, 5.41) is 18.2. The van der Waals surface area contributed by atoms with Gasteiger partial charge in [0.1, 0.15) is 0 Å². The lowest BCUT2D eigenvalue weighted by atomic mass is 9.90. The van der Waals surface area contributed by atoms with Crippen molar-refractivity contribution in [1.29, 1.82) is 0 Å². The first kappa shape index (κ1) is 12.1. The van der Waals surface area contributed by atoms with E-state index in [0.29, 0.717) is 13.1 Å². The van der Waals surface area contributed by atoms with Gasteiger partial charge in [-0.2, -0.15) is 0 Å². The smallest absolute Gasteiger partial charge is 0.317 e. The molecule has 0 bridgehead atoms. The molecule has 17 heavy (non-hydrogen) atoms. The van der Waals surface area contributed by atoms with Crippen LogP contribution in [0.1, 0.15) is 11.5 Å². The zero-order chi connectivity index (χ0) is 12.3. The Morgan fingerprint density at radius 2 is 2.00 bits per heavy atom. The van der Waals surface area contributed by atoms with Crippen molar-refractivity contribution < 1.29 is 15.0 Å². The minimum Gasteiger partial charge on any atom is -0.480 e. The van der Waals surface area contributed by atoms with Gasteiger partial charge in [0.15, 0.2) is 0 Å². The molecule has 0 amide bonds. The van der Waals surface area contributed by atoms with E-state index in [1.165, 1.54) is 5.56 Å². The number of hydrogen-bond donors (Lipinski definition) is 2. The molecule has 4 heteroatoms. The maximum atomic E-state index is 10.7. The molecule has 1 aromatic carbocycles. The van der Waals surface area contributed by atoms with Gasteiger partial charge in [-0.25, -0.2) is 0 Å². The van der Waals surface area contributed by atoms with Crippen LogP contribution in [0.15, 0.2) is 30.3 Å². The van der Waals surface area contributed by atoms with Gasteiger partial charge in [0.2, 0.25) is 0 Å². The zero-order valence-electron chi connectivity index (χ0n) is 9.62. The minimum atomic E-state index is -0.810. The predicted octanol–water partition coefficient (Wildman–Crippen LogP) is 0.779. The second-order valence-electron chi connectivity index (χ2n) is 4.55. The van der Waals surface area contributed by atoms with Gasteiger partial charge in [0.25, 0.3) is 0 Å². The molecule has 0 spiro atoms. The number of carboxylic acids is 1. The number of nitrogens with zero attached hydrogens (tertiary/aromatic N) is 1. The number of hydrogen-bond acceptors (Lipinski definition) is 3. The fraction of sp³-hybridized carbons (Fsp3) is 0.462. The van der Waals surface area contributed by atoms with Gasteiger partial charge in [-0.1, -0.05) is 30.3 Å². The fourth-order valence-electron chi connectivity index (χ4n) is 2.54. The first-order valence-corrected chi connectivity index (χ1v) is 5.80. The van der Waals surface area contributed by atoms with Gasteiger partial charge in [-0.3, -0.25) is 9.69 Å². The fourth-order valence-corrected chi connectivity index (χ4v) is 2.54. The van der Waals surface area contributed by atoms with Crippen LogP contribution in [-0.2, 0) is 4.79 Å². The Kier molecular flexibility index (Phi) is 3.76. The average molecular weight is 235 g/mol. The average Bonchev–Trinajstić information content (AvgIpc) is 2.72. The highest BCUT2D eigenvalue weighted by molar-refractivity contribution is 5.69. The molecule has 1 aliphatic rings. The van der Waals surface area contributed by atoms with Crippen molar-refractivity contribution in [2.45, 2.75) is 5.92 Å². The first-order valence-electron chi connectivity index (χ1n) is 5.80. The van der Waals surface area contributed by atoms with E-state index in [2.05, 4.69) is 0 Å². The van der Waals surface area contributed by atoms with Crippen molar-refractivity contribution in [3.8, 4) is 0 Å². The summed E-state index contributed by atoms with van der Waals surface area (Å²) in [7, 11) is 0. The number of rotatable bonds is 4. The number of likely N-dealkylation sites (tertiary alicyclic amines) is 1. The van der Waals surface area contributed by atoms with Crippen LogP contribution in [0.4, 0.5) is 0 Å². The molecule has 0 aromatic heterocycles. The van der Waals surface area contributed by atoms with E-state index in [4.69, 9.17) is 5.11 Å². The maximum absolute atomic E-state index is 10.7. The number of aliphatic hydroxyl groups is 1. The Bertz CT molecular complexity index is 380. The summed E-state index contributed by atoms with van der Waals surface area (Å²) >= 11 is 0. The number of carboxylic acid groups (broad SMARTS) is 1. The Morgan fingerprint density at radius 1 is 1.29 bits per heavy atom. The third-order valence-corrected chi connectivity index (χ3v) is 3.34. The van der Waals surface area contributed by atoms with E-state index in [1.54, 1.807) is 0 Å². The van der Waals surface area contributed by atoms with Crippen molar-refractivity contribution in [2.24, 2.45) is 5.92 Å². The van der Waals surface area contributed by atoms with Crippen molar-refractivity contribution in [3.63, 3.8) is 0 Å². The molecular formula is C13H17NO3. The Morgan fingerprint density at radius 3 is 2.59 bits per heavy atom. The van der Waals surface area contributed by atoms with E-state index in [0.717, 1.165) is 0 Å². The minimum absolute atomic E-state index is 0.0554. The van der Waals surface area contributed by atoms with Crippen LogP contribution in [-0.4, -0.2) is 47.3 Å². The maximum Gasteiger partial charge on any atom is 0.317 e. The molecule has 0 radical (unpaired) electrons. The largest absolute Gasteiger partial charge is 0.480 e. The molecule has 2 atom stereocenters.